The fourth-order valence-corrected chi connectivity index (χ4v) is 2.91. The normalized spacial score (nSPS) is 17.4. The first-order chi connectivity index (χ1) is 9.74. The molecule has 2 N–H and O–H groups in total. The zero-order valence-corrected chi connectivity index (χ0v) is 12.0. The zero-order chi connectivity index (χ0) is 13.9. The van der Waals surface area contributed by atoms with Crippen LogP contribution in [0.3, 0.4) is 0 Å². The minimum Gasteiger partial charge on any atom is -0.384 e. The molecule has 0 amide bonds. The Labute approximate surface area is 120 Å². The van der Waals surface area contributed by atoms with Crippen LogP contribution in [0.5, 0.6) is 0 Å². The minimum absolute atomic E-state index is 0.454. The van der Waals surface area contributed by atoms with Gasteiger partial charge in [-0.1, -0.05) is 30.3 Å². The molecular weight excluding hydrogens is 248 g/mol. The molecule has 0 saturated carbocycles. The van der Waals surface area contributed by atoms with Gasteiger partial charge in [0.25, 0.3) is 0 Å². The van der Waals surface area contributed by atoms with E-state index in [4.69, 9.17) is 5.73 Å². The molecule has 0 radical (unpaired) electrons. The molecule has 2 aromatic rings. The minimum atomic E-state index is 0.454. The molecule has 0 spiro atoms. The van der Waals surface area contributed by atoms with Crippen LogP contribution in [-0.2, 0) is 6.54 Å². The molecule has 1 aliphatic heterocycles. The topological polar surface area (TPSA) is 47.1 Å². The number of aryl methyl sites for hydroxylation is 1. The van der Waals surface area contributed by atoms with E-state index in [0.717, 1.165) is 43.9 Å². The van der Waals surface area contributed by atoms with E-state index < -0.39 is 0 Å². The van der Waals surface area contributed by atoms with Crippen molar-refractivity contribution in [3.63, 3.8) is 0 Å². The summed E-state index contributed by atoms with van der Waals surface area (Å²) in [4.78, 5) is 2.51. The van der Waals surface area contributed by atoms with Gasteiger partial charge in [-0.25, -0.2) is 4.68 Å². The lowest BCUT2D eigenvalue weighted by molar-refractivity contribution is 0.174. The molecule has 1 aliphatic rings. The van der Waals surface area contributed by atoms with Gasteiger partial charge in [0, 0.05) is 25.2 Å². The zero-order valence-electron chi connectivity index (χ0n) is 12.0. The van der Waals surface area contributed by atoms with Crippen LogP contribution >= 0.6 is 0 Å². The lowest BCUT2D eigenvalue weighted by atomic mass is 10.0. The summed E-state index contributed by atoms with van der Waals surface area (Å²) in [5.74, 6) is 0.825. The van der Waals surface area contributed by atoms with Gasteiger partial charge >= 0.3 is 0 Å². The summed E-state index contributed by atoms with van der Waals surface area (Å²) in [5, 5.41) is 4.42. The highest BCUT2D eigenvalue weighted by atomic mass is 15.3. The number of rotatable bonds is 3. The Bertz CT molecular complexity index is 553. The van der Waals surface area contributed by atoms with E-state index in [1.807, 2.05) is 17.8 Å². The standard InChI is InChI=1S/C16H22N4/c1-13-11-18-20(16(13)17)15-7-9-19(10-8-15)12-14-5-3-2-4-6-14/h2-6,11,15H,7-10,12,17H2,1H3. The van der Waals surface area contributed by atoms with E-state index in [0.29, 0.717) is 6.04 Å². The fourth-order valence-electron chi connectivity index (χ4n) is 2.91. The lowest BCUT2D eigenvalue weighted by Gasteiger charge is -2.32. The Balaban J connectivity index is 1.58. The Kier molecular flexibility index (Phi) is 3.74. The van der Waals surface area contributed by atoms with E-state index in [9.17, 15) is 0 Å². The van der Waals surface area contributed by atoms with Crippen molar-refractivity contribution in [2.45, 2.75) is 32.4 Å². The van der Waals surface area contributed by atoms with Crippen molar-refractivity contribution in [1.82, 2.24) is 14.7 Å². The lowest BCUT2D eigenvalue weighted by Crippen LogP contribution is -2.34. The molecule has 1 saturated heterocycles. The summed E-state index contributed by atoms with van der Waals surface area (Å²) >= 11 is 0. The van der Waals surface area contributed by atoms with E-state index in [2.05, 4.69) is 40.3 Å². The maximum absolute atomic E-state index is 6.08. The Morgan fingerprint density at radius 1 is 1.20 bits per heavy atom. The van der Waals surface area contributed by atoms with Gasteiger partial charge in [0.05, 0.1) is 12.2 Å². The number of likely N-dealkylation sites (tertiary alicyclic amines) is 1. The van der Waals surface area contributed by atoms with Crippen molar-refractivity contribution in [1.29, 1.82) is 0 Å². The quantitative estimate of drug-likeness (QED) is 0.932. The van der Waals surface area contributed by atoms with Crippen molar-refractivity contribution in [2.24, 2.45) is 0 Å². The molecule has 4 heteroatoms. The molecule has 106 valence electrons. The average Bonchev–Trinajstić information content (AvgIpc) is 2.81. The number of aromatic nitrogens is 2. The molecule has 0 atom stereocenters. The highest BCUT2D eigenvalue weighted by Gasteiger charge is 2.22. The molecule has 1 aromatic carbocycles. The van der Waals surface area contributed by atoms with Crippen LogP contribution in [0.15, 0.2) is 36.5 Å². The summed E-state index contributed by atoms with van der Waals surface area (Å²) < 4.78 is 2.01. The van der Waals surface area contributed by atoms with Gasteiger partial charge in [-0.2, -0.15) is 5.10 Å². The smallest absolute Gasteiger partial charge is 0.124 e. The first kappa shape index (κ1) is 13.2. The molecule has 4 nitrogen and oxygen atoms in total. The van der Waals surface area contributed by atoms with Gasteiger partial charge in [-0.3, -0.25) is 4.90 Å². The van der Waals surface area contributed by atoms with Crippen molar-refractivity contribution in [2.75, 3.05) is 18.8 Å². The monoisotopic (exact) mass is 270 g/mol. The molecule has 1 fully saturated rings. The third-order valence-electron chi connectivity index (χ3n) is 4.18. The van der Waals surface area contributed by atoms with Gasteiger partial charge in [-0.05, 0) is 25.3 Å². The number of nitrogens with zero attached hydrogens (tertiary/aromatic N) is 3. The molecule has 3 rings (SSSR count). The summed E-state index contributed by atoms with van der Waals surface area (Å²) in [7, 11) is 0. The summed E-state index contributed by atoms with van der Waals surface area (Å²) in [6.07, 6.45) is 4.11. The molecule has 0 bridgehead atoms. The van der Waals surface area contributed by atoms with Crippen LogP contribution in [0.25, 0.3) is 0 Å². The van der Waals surface area contributed by atoms with Crippen LogP contribution in [-0.4, -0.2) is 27.8 Å². The molecule has 1 aromatic heterocycles. The first-order valence-electron chi connectivity index (χ1n) is 7.30. The Morgan fingerprint density at radius 2 is 1.90 bits per heavy atom. The van der Waals surface area contributed by atoms with E-state index in [-0.39, 0.29) is 0 Å². The second-order valence-electron chi connectivity index (χ2n) is 5.65. The van der Waals surface area contributed by atoms with Crippen molar-refractivity contribution < 1.29 is 0 Å². The number of benzene rings is 1. The predicted octanol–water partition coefficient (Wildman–Crippen LogP) is 2.61. The van der Waals surface area contributed by atoms with Crippen LogP contribution in [0, 0.1) is 6.92 Å². The Morgan fingerprint density at radius 3 is 2.50 bits per heavy atom. The summed E-state index contributed by atoms with van der Waals surface area (Å²) in [6.45, 7) is 5.28. The number of hydrogen-bond donors (Lipinski definition) is 1. The number of nitrogens with two attached hydrogens (primary N) is 1. The third-order valence-corrected chi connectivity index (χ3v) is 4.18. The molecule has 0 aliphatic carbocycles. The molecule has 2 heterocycles. The summed E-state index contributed by atoms with van der Waals surface area (Å²) in [5.41, 5.74) is 8.55. The first-order valence-corrected chi connectivity index (χ1v) is 7.30. The van der Waals surface area contributed by atoms with E-state index in [1.54, 1.807) is 0 Å². The largest absolute Gasteiger partial charge is 0.384 e. The number of anilines is 1. The van der Waals surface area contributed by atoms with Gasteiger partial charge in [0.15, 0.2) is 0 Å². The van der Waals surface area contributed by atoms with Crippen LogP contribution < -0.4 is 5.73 Å². The van der Waals surface area contributed by atoms with Crippen LogP contribution in [0.2, 0.25) is 0 Å². The van der Waals surface area contributed by atoms with Crippen LogP contribution in [0.4, 0.5) is 5.82 Å². The molecule has 0 unspecified atom stereocenters. The predicted molar refractivity (Wildman–Crippen MR) is 81.4 cm³/mol. The van der Waals surface area contributed by atoms with Crippen molar-refractivity contribution in [3.05, 3.63) is 47.7 Å². The number of nitrogen functional groups attached to an aromatic ring is 1. The number of piperidine rings is 1. The van der Waals surface area contributed by atoms with Gasteiger partial charge in [0.1, 0.15) is 5.82 Å². The van der Waals surface area contributed by atoms with Gasteiger partial charge in [0.2, 0.25) is 0 Å². The number of hydrogen-bond acceptors (Lipinski definition) is 3. The molecular formula is C16H22N4. The maximum Gasteiger partial charge on any atom is 0.124 e. The maximum atomic E-state index is 6.08. The SMILES string of the molecule is Cc1cnn(C2CCN(Cc3ccccc3)CC2)c1N. The van der Waals surface area contributed by atoms with E-state index in [1.165, 1.54) is 5.56 Å². The van der Waals surface area contributed by atoms with Crippen molar-refractivity contribution in [3.8, 4) is 0 Å². The Hall–Kier alpha value is -1.81. The summed E-state index contributed by atoms with van der Waals surface area (Å²) in [6, 6.07) is 11.1. The second kappa shape index (κ2) is 5.67. The fraction of sp³-hybridized carbons (Fsp3) is 0.438. The van der Waals surface area contributed by atoms with Gasteiger partial charge < -0.3 is 5.73 Å². The van der Waals surface area contributed by atoms with E-state index >= 15 is 0 Å². The van der Waals surface area contributed by atoms with Crippen LogP contribution in [0.1, 0.15) is 30.0 Å². The molecule has 20 heavy (non-hydrogen) atoms. The van der Waals surface area contributed by atoms with Gasteiger partial charge in [-0.15, -0.1) is 0 Å². The highest BCUT2D eigenvalue weighted by molar-refractivity contribution is 5.37. The second-order valence-corrected chi connectivity index (χ2v) is 5.65. The third kappa shape index (κ3) is 2.70. The van der Waals surface area contributed by atoms with Crippen molar-refractivity contribution >= 4 is 5.82 Å². The average molecular weight is 270 g/mol. The highest BCUT2D eigenvalue weighted by Crippen LogP contribution is 2.26.